The number of carbonyl (C=O) groups excluding carboxylic acids is 1. The Kier molecular flexibility index (Phi) is 4.12. The highest BCUT2D eigenvalue weighted by Gasteiger charge is 2.27. The van der Waals surface area contributed by atoms with Gasteiger partial charge in [0.25, 0.3) is 0 Å². The fourth-order valence-electron chi connectivity index (χ4n) is 2.35. The molecule has 1 fully saturated rings. The first-order valence-electron chi connectivity index (χ1n) is 6.94. The Bertz CT molecular complexity index is 522. The zero-order valence-electron chi connectivity index (χ0n) is 11.5. The van der Waals surface area contributed by atoms with Gasteiger partial charge in [0.2, 0.25) is 12.7 Å². The van der Waals surface area contributed by atoms with Gasteiger partial charge in [0, 0.05) is 12.6 Å². The van der Waals surface area contributed by atoms with Crippen molar-refractivity contribution in [1.29, 1.82) is 0 Å². The van der Waals surface area contributed by atoms with E-state index in [1.54, 1.807) is 18.2 Å². The SMILES string of the molecule is O=C(NCCOc1ccc2c(c1)OCO2)[C@@H]1C[C@H](O)CN1. The number of benzene rings is 1. The number of hydrogen-bond donors (Lipinski definition) is 3. The maximum absolute atomic E-state index is 11.8. The van der Waals surface area contributed by atoms with Crippen molar-refractivity contribution in [2.24, 2.45) is 0 Å². The third-order valence-corrected chi connectivity index (χ3v) is 3.44. The van der Waals surface area contributed by atoms with Crippen LogP contribution in [0.15, 0.2) is 18.2 Å². The summed E-state index contributed by atoms with van der Waals surface area (Å²) in [5.74, 6) is 1.94. The third kappa shape index (κ3) is 3.37. The average Bonchev–Trinajstić information content (AvgIpc) is 3.11. The van der Waals surface area contributed by atoms with Gasteiger partial charge >= 0.3 is 0 Å². The van der Waals surface area contributed by atoms with Crippen LogP contribution in [0.2, 0.25) is 0 Å². The van der Waals surface area contributed by atoms with Gasteiger partial charge in [-0.05, 0) is 18.6 Å². The van der Waals surface area contributed by atoms with Gasteiger partial charge in [0.05, 0.1) is 18.7 Å². The topological polar surface area (TPSA) is 89.1 Å². The highest BCUT2D eigenvalue weighted by atomic mass is 16.7. The Morgan fingerprint density at radius 2 is 2.29 bits per heavy atom. The average molecular weight is 294 g/mol. The number of rotatable bonds is 5. The highest BCUT2D eigenvalue weighted by Crippen LogP contribution is 2.34. The van der Waals surface area contributed by atoms with E-state index in [0.717, 1.165) is 0 Å². The lowest BCUT2D eigenvalue weighted by atomic mass is 10.2. The normalized spacial score (nSPS) is 23.1. The van der Waals surface area contributed by atoms with Crippen LogP contribution >= 0.6 is 0 Å². The number of nitrogens with one attached hydrogen (secondary N) is 2. The van der Waals surface area contributed by atoms with Gasteiger partial charge < -0.3 is 30.0 Å². The summed E-state index contributed by atoms with van der Waals surface area (Å²) >= 11 is 0. The van der Waals surface area contributed by atoms with E-state index >= 15 is 0 Å². The molecule has 0 saturated carbocycles. The first kappa shape index (κ1) is 14.0. The molecule has 0 unspecified atom stereocenters. The van der Waals surface area contributed by atoms with Crippen molar-refractivity contribution in [3.8, 4) is 17.2 Å². The molecule has 2 heterocycles. The standard InChI is InChI=1S/C14H18N2O5/c17-9-5-11(16-7-9)14(18)15-3-4-19-10-1-2-12-13(6-10)21-8-20-12/h1-2,6,9,11,16-17H,3-5,7-8H2,(H,15,18)/t9-,11-/m0/s1. The molecule has 114 valence electrons. The van der Waals surface area contributed by atoms with Crippen LogP contribution in [0.4, 0.5) is 0 Å². The Morgan fingerprint density at radius 3 is 3.10 bits per heavy atom. The molecule has 2 atom stereocenters. The van der Waals surface area contributed by atoms with Crippen molar-refractivity contribution >= 4 is 5.91 Å². The van der Waals surface area contributed by atoms with E-state index < -0.39 is 6.10 Å². The molecule has 3 rings (SSSR count). The van der Waals surface area contributed by atoms with Crippen molar-refractivity contribution in [3.05, 3.63) is 18.2 Å². The van der Waals surface area contributed by atoms with Crippen molar-refractivity contribution in [2.75, 3.05) is 26.5 Å². The van der Waals surface area contributed by atoms with Crippen LogP contribution in [0.5, 0.6) is 17.2 Å². The minimum atomic E-state index is -0.439. The summed E-state index contributed by atoms with van der Waals surface area (Å²) in [7, 11) is 0. The summed E-state index contributed by atoms with van der Waals surface area (Å²) in [5, 5.41) is 15.1. The zero-order chi connectivity index (χ0) is 14.7. The Balaban J connectivity index is 1.39. The number of carbonyl (C=O) groups is 1. The number of β-amino-alcohol motifs (C(OH)–C–C–N with tert-alkyl or cyclic N) is 1. The minimum Gasteiger partial charge on any atom is -0.492 e. The van der Waals surface area contributed by atoms with E-state index in [-0.39, 0.29) is 18.7 Å². The lowest BCUT2D eigenvalue weighted by molar-refractivity contribution is -0.123. The molecule has 0 spiro atoms. The molecule has 7 nitrogen and oxygen atoms in total. The van der Waals surface area contributed by atoms with Crippen LogP contribution in [0, 0.1) is 0 Å². The van der Waals surface area contributed by atoms with Gasteiger partial charge in [0.1, 0.15) is 12.4 Å². The van der Waals surface area contributed by atoms with Crippen LogP contribution in [0.3, 0.4) is 0 Å². The van der Waals surface area contributed by atoms with Crippen LogP contribution in [-0.4, -0.2) is 49.6 Å². The lowest BCUT2D eigenvalue weighted by Crippen LogP contribution is -2.41. The second kappa shape index (κ2) is 6.19. The van der Waals surface area contributed by atoms with E-state index in [4.69, 9.17) is 14.2 Å². The van der Waals surface area contributed by atoms with Gasteiger partial charge in [-0.25, -0.2) is 0 Å². The summed E-state index contributed by atoms with van der Waals surface area (Å²) in [6.45, 7) is 1.46. The van der Waals surface area contributed by atoms with E-state index in [2.05, 4.69) is 10.6 Å². The molecule has 0 aromatic heterocycles. The predicted molar refractivity (Wildman–Crippen MR) is 73.5 cm³/mol. The highest BCUT2D eigenvalue weighted by molar-refractivity contribution is 5.82. The first-order chi connectivity index (χ1) is 10.2. The summed E-state index contributed by atoms with van der Waals surface area (Å²) in [6, 6.07) is 5.04. The summed E-state index contributed by atoms with van der Waals surface area (Å²) in [5.41, 5.74) is 0. The molecule has 2 aliphatic rings. The van der Waals surface area contributed by atoms with Crippen molar-refractivity contribution < 1.29 is 24.1 Å². The van der Waals surface area contributed by atoms with E-state index in [1.165, 1.54) is 0 Å². The molecule has 3 N–H and O–H groups in total. The fraction of sp³-hybridized carbons (Fsp3) is 0.500. The molecule has 1 saturated heterocycles. The smallest absolute Gasteiger partial charge is 0.237 e. The maximum atomic E-state index is 11.8. The first-order valence-corrected chi connectivity index (χ1v) is 6.94. The Morgan fingerprint density at radius 1 is 1.43 bits per heavy atom. The molecular formula is C14H18N2O5. The molecule has 0 bridgehead atoms. The third-order valence-electron chi connectivity index (χ3n) is 3.44. The second-order valence-electron chi connectivity index (χ2n) is 5.00. The lowest BCUT2D eigenvalue weighted by Gasteiger charge is -2.11. The predicted octanol–water partition coefficient (Wildman–Crippen LogP) is -0.367. The molecular weight excluding hydrogens is 276 g/mol. The molecule has 7 heteroatoms. The summed E-state index contributed by atoms with van der Waals surface area (Å²) in [6.07, 6.45) is 0.0140. The molecule has 0 radical (unpaired) electrons. The van der Waals surface area contributed by atoms with Crippen LogP contribution in [0.1, 0.15) is 6.42 Å². The number of fused-ring (bicyclic) bond motifs is 1. The van der Waals surface area contributed by atoms with Crippen molar-refractivity contribution in [1.82, 2.24) is 10.6 Å². The maximum Gasteiger partial charge on any atom is 0.237 e. The quantitative estimate of drug-likeness (QED) is 0.642. The summed E-state index contributed by atoms with van der Waals surface area (Å²) in [4.78, 5) is 11.8. The van der Waals surface area contributed by atoms with Crippen LogP contribution in [0.25, 0.3) is 0 Å². The summed E-state index contributed by atoms with van der Waals surface area (Å²) < 4.78 is 16.0. The molecule has 0 aliphatic carbocycles. The van der Waals surface area contributed by atoms with Gasteiger partial charge in [0.15, 0.2) is 11.5 Å². The number of ether oxygens (including phenoxy) is 3. The van der Waals surface area contributed by atoms with Gasteiger partial charge in [-0.2, -0.15) is 0 Å². The molecule has 1 aromatic carbocycles. The zero-order valence-corrected chi connectivity index (χ0v) is 11.5. The largest absolute Gasteiger partial charge is 0.492 e. The van der Waals surface area contributed by atoms with Gasteiger partial charge in [-0.3, -0.25) is 4.79 Å². The monoisotopic (exact) mass is 294 g/mol. The second-order valence-corrected chi connectivity index (χ2v) is 5.00. The number of hydrogen-bond acceptors (Lipinski definition) is 6. The van der Waals surface area contributed by atoms with Gasteiger partial charge in [-0.1, -0.05) is 0 Å². The van der Waals surface area contributed by atoms with Gasteiger partial charge in [-0.15, -0.1) is 0 Å². The Labute approximate surface area is 122 Å². The number of amides is 1. The van der Waals surface area contributed by atoms with E-state index in [0.29, 0.717) is 43.4 Å². The number of aliphatic hydroxyl groups is 1. The van der Waals surface area contributed by atoms with E-state index in [9.17, 15) is 9.90 Å². The van der Waals surface area contributed by atoms with E-state index in [1.807, 2.05) is 0 Å². The molecule has 1 amide bonds. The minimum absolute atomic E-state index is 0.110. The van der Waals surface area contributed by atoms with Crippen molar-refractivity contribution in [3.63, 3.8) is 0 Å². The van der Waals surface area contributed by atoms with Crippen LogP contribution < -0.4 is 24.8 Å². The number of aliphatic hydroxyl groups excluding tert-OH is 1. The van der Waals surface area contributed by atoms with Crippen LogP contribution in [-0.2, 0) is 4.79 Å². The fourth-order valence-corrected chi connectivity index (χ4v) is 2.35. The Hall–Kier alpha value is -1.99. The molecule has 21 heavy (non-hydrogen) atoms. The molecule has 1 aromatic rings. The molecule has 2 aliphatic heterocycles. The van der Waals surface area contributed by atoms with Crippen molar-refractivity contribution in [2.45, 2.75) is 18.6 Å².